The van der Waals surface area contributed by atoms with Gasteiger partial charge in [0, 0.05) is 19.8 Å². The fourth-order valence-corrected chi connectivity index (χ4v) is 3.76. The van der Waals surface area contributed by atoms with Crippen LogP contribution in [0.2, 0.25) is 0 Å². The Morgan fingerprint density at radius 2 is 1.92 bits per heavy atom. The second kappa shape index (κ2) is 6.40. The van der Waals surface area contributed by atoms with Gasteiger partial charge < -0.3 is 20.3 Å². The molecule has 2 aromatic heterocycles. The van der Waals surface area contributed by atoms with Gasteiger partial charge in [0.1, 0.15) is 24.2 Å². The molecule has 3 rings (SSSR count). The van der Waals surface area contributed by atoms with E-state index in [9.17, 15) is 18.9 Å². The molecule has 3 heterocycles. The number of hydrogen-bond acceptors (Lipinski definition) is 9. The zero-order valence-electron chi connectivity index (χ0n) is 13.3. The molecule has 2 unspecified atom stereocenters. The van der Waals surface area contributed by atoms with Crippen molar-refractivity contribution in [2.75, 3.05) is 19.1 Å². The molecule has 2 aromatic rings. The molecule has 1 aliphatic heterocycles. The average Bonchev–Trinajstić information content (AvgIpc) is 3.01. The Labute approximate surface area is 142 Å². The van der Waals surface area contributed by atoms with Crippen LogP contribution in [0, 0.1) is 0 Å². The molecule has 138 valence electrons. The van der Waals surface area contributed by atoms with Gasteiger partial charge in [0.25, 0.3) is 0 Å². The van der Waals surface area contributed by atoms with Crippen molar-refractivity contribution in [1.82, 2.24) is 19.5 Å². The molecule has 0 bridgehead atoms. The van der Waals surface area contributed by atoms with Crippen molar-refractivity contribution >= 4 is 32.2 Å². The zero-order valence-corrected chi connectivity index (χ0v) is 15.1. The molecule has 4 N–H and O–H groups in total. The Bertz CT molecular complexity index is 845. The molecule has 14 heteroatoms. The summed E-state index contributed by atoms with van der Waals surface area (Å²) in [4.78, 5) is 30.9. The van der Waals surface area contributed by atoms with Gasteiger partial charge in [-0.25, -0.2) is 15.0 Å². The molecule has 1 saturated heterocycles. The predicted octanol–water partition coefficient (Wildman–Crippen LogP) is 0.686. The van der Waals surface area contributed by atoms with Gasteiger partial charge in [-0.2, -0.15) is 0 Å². The quantitative estimate of drug-likeness (QED) is 0.610. The molecule has 0 aromatic carbocycles. The molecule has 0 spiro atoms. The summed E-state index contributed by atoms with van der Waals surface area (Å²) in [5, 5.41) is 0. The number of fused-ring (bicyclic) bond motifs is 1. The first-order valence-corrected chi connectivity index (χ1v) is 11.1. The molecular formula is C11H17N5O7P2. The minimum atomic E-state index is -3.92. The monoisotopic (exact) mass is 393 g/mol. The number of ether oxygens (including phenoxy) is 1. The lowest BCUT2D eigenvalue weighted by atomic mass is 10.2. The first kappa shape index (κ1) is 18.4. The molecule has 12 nitrogen and oxygen atoms in total. The van der Waals surface area contributed by atoms with E-state index >= 15 is 0 Å². The predicted molar refractivity (Wildman–Crippen MR) is 85.7 cm³/mol. The van der Waals surface area contributed by atoms with Crippen LogP contribution >= 0.6 is 15.2 Å². The lowest BCUT2D eigenvalue weighted by Crippen LogP contribution is -2.25. The maximum absolute atomic E-state index is 11.6. The second-order valence-corrected chi connectivity index (χ2v) is 9.27. The van der Waals surface area contributed by atoms with Gasteiger partial charge in [-0.05, 0) is 0 Å². The summed E-state index contributed by atoms with van der Waals surface area (Å²) >= 11 is 0. The van der Waals surface area contributed by atoms with Crippen molar-refractivity contribution in [2.24, 2.45) is 0 Å². The van der Waals surface area contributed by atoms with E-state index < -0.39 is 33.8 Å². The summed E-state index contributed by atoms with van der Waals surface area (Å²) < 4.78 is 40.2. The summed E-state index contributed by atoms with van der Waals surface area (Å²) in [5.74, 6) is 0.184. The van der Waals surface area contributed by atoms with Crippen molar-refractivity contribution in [1.29, 1.82) is 0 Å². The largest absolute Gasteiger partial charge is 0.382 e. The highest BCUT2D eigenvalue weighted by molar-refractivity contribution is 7.52. The Morgan fingerprint density at radius 1 is 1.24 bits per heavy atom. The first-order chi connectivity index (χ1) is 11.5. The molecule has 5 atom stereocenters. The van der Waals surface area contributed by atoms with Crippen LogP contribution in [0.25, 0.3) is 11.2 Å². The SMILES string of the molecule is CP(=O)(O)O[C@H]1O[C@@H](n2cnc3c(N)ncnc32)C[C@@H]1OP(C)(=O)O. The van der Waals surface area contributed by atoms with E-state index in [-0.39, 0.29) is 12.2 Å². The fourth-order valence-electron chi connectivity index (χ4n) is 2.50. The van der Waals surface area contributed by atoms with Gasteiger partial charge in [0.05, 0.1) is 6.33 Å². The summed E-state index contributed by atoms with van der Waals surface area (Å²) in [7, 11) is -7.80. The number of hydrogen-bond donors (Lipinski definition) is 3. The number of nitrogens with zero attached hydrogens (tertiary/aromatic N) is 4. The van der Waals surface area contributed by atoms with E-state index in [1.54, 1.807) is 0 Å². The van der Waals surface area contributed by atoms with Crippen LogP contribution < -0.4 is 5.73 Å². The second-order valence-electron chi connectivity index (χ2n) is 5.63. The highest BCUT2D eigenvalue weighted by atomic mass is 31.2. The number of nitrogens with two attached hydrogens (primary N) is 1. The summed E-state index contributed by atoms with van der Waals surface area (Å²) in [6, 6.07) is 0. The van der Waals surface area contributed by atoms with E-state index in [1.165, 1.54) is 17.2 Å². The van der Waals surface area contributed by atoms with Gasteiger partial charge in [0.2, 0.25) is 0 Å². The lowest BCUT2D eigenvalue weighted by molar-refractivity contribution is -0.123. The third-order valence-electron chi connectivity index (χ3n) is 3.36. The molecular weight excluding hydrogens is 376 g/mol. The van der Waals surface area contributed by atoms with Gasteiger partial charge >= 0.3 is 15.2 Å². The van der Waals surface area contributed by atoms with Crippen molar-refractivity contribution < 1.29 is 32.7 Å². The minimum absolute atomic E-state index is 0.0679. The van der Waals surface area contributed by atoms with Crippen molar-refractivity contribution in [3.8, 4) is 0 Å². The number of nitrogen functional groups attached to an aromatic ring is 1. The van der Waals surface area contributed by atoms with E-state index in [0.29, 0.717) is 11.2 Å². The Balaban J connectivity index is 1.91. The lowest BCUT2D eigenvalue weighted by Gasteiger charge is -2.21. The van der Waals surface area contributed by atoms with Crippen LogP contribution in [-0.2, 0) is 22.9 Å². The average molecular weight is 393 g/mol. The van der Waals surface area contributed by atoms with Crippen LogP contribution in [0.5, 0.6) is 0 Å². The van der Waals surface area contributed by atoms with Gasteiger partial charge in [-0.15, -0.1) is 0 Å². The van der Waals surface area contributed by atoms with Gasteiger partial charge in [-0.1, -0.05) is 0 Å². The molecule has 0 aliphatic carbocycles. The Morgan fingerprint density at radius 3 is 2.56 bits per heavy atom. The van der Waals surface area contributed by atoms with Crippen LogP contribution in [0.3, 0.4) is 0 Å². The molecule has 0 radical (unpaired) electrons. The van der Waals surface area contributed by atoms with E-state index in [4.69, 9.17) is 19.5 Å². The number of imidazole rings is 1. The van der Waals surface area contributed by atoms with E-state index in [0.717, 1.165) is 13.3 Å². The topological polar surface area (TPSA) is 172 Å². The highest BCUT2D eigenvalue weighted by Gasteiger charge is 2.43. The normalized spacial score (nSPS) is 28.7. The van der Waals surface area contributed by atoms with Gasteiger partial charge in [-0.3, -0.25) is 22.7 Å². The van der Waals surface area contributed by atoms with Gasteiger partial charge in [0.15, 0.2) is 17.8 Å². The van der Waals surface area contributed by atoms with Crippen LogP contribution in [0.4, 0.5) is 5.82 Å². The van der Waals surface area contributed by atoms with Crippen molar-refractivity contribution in [2.45, 2.75) is 25.0 Å². The molecule has 1 aliphatic rings. The smallest absolute Gasteiger partial charge is 0.327 e. The molecule has 0 saturated carbocycles. The Kier molecular flexibility index (Phi) is 4.71. The number of aromatic nitrogens is 4. The van der Waals surface area contributed by atoms with Crippen molar-refractivity contribution in [3.63, 3.8) is 0 Å². The first-order valence-electron chi connectivity index (χ1n) is 7.09. The third kappa shape index (κ3) is 4.24. The molecule has 1 fully saturated rings. The van der Waals surface area contributed by atoms with Crippen molar-refractivity contribution in [3.05, 3.63) is 12.7 Å². The number of anilines is 1. The summed E-state index contributed by atoms with van der Waals surface area (Å²) in [6.07, 6.45) is -0.375. The standard InChI is InChI=1S/C11H17N5O7P2/c1-24(17,18)22-6-3-7(21-11(6)23-25(2,19)20)16-5-15-8-9(12)13-4-14-10(8)16/h4-7,11H,3H2,1-2H3,(H,17,18)(H,19,20)(H2,12,13,14)/t6-,7+,11+/m0/s1. The van der Waals surface area contributed by atoms with Crippen LogP contribution in [0.1, 0.15) is 12.6 Å². The third-order valence-corrected chi connectivity index (χ3v) is 4.62. The number of rotatable bonds is 5. The van der Waals surface area contributed by atoms with Crippen LogP contribution in [-0.4, -0.2) is 55.0 Å². The summed E-state index contributed by atoms with van der Waals surface area (Å²) in [5.41, 5.74) is 6.47. The zero-order chi connectivity index (χ0) is 18.4. The molecule has 0 amide bonds. The Hall–Kier alpha value is -1.39. The highest BCUT2D eigenvalue weighted by Crippen LogP contribution is 2.48. The summed E-state index contributed by atoms with van der Waals surface area (Å²) in [6.45, 7) is 1.98. The van der Waals surface area contributed by atoms with Crippen LogP contribution in [0.15, 0.2) is 12.7 Å². The van der Waals surface area contributed by atoms with E-state index in [2.05, 4.69) is 15.0 Å². The van der Waals surface area contributed by atoms with E-state index in [1.807, 2.05) is 0 Å². The fraction of sp³-hybridized carbons (Fsp3) is 0.545. The molecule has 25 heavy (non-hydrogen) atoms. The minimum Gasteiger partial charge on any atom is -0.382 e. The maximum Gasteiger partial charge on any atom is 0.327 e. The maximum atomic E-state index is 11.6.